The fourth-order valence-electron chi connectivity index (χ4n) is 1.98. The van der Waals surface area contributed by atoms with Gasteiger partial charge < -0.3 is 14.6 Å². The van der Waals surface area contributed by atoms with Gasteiger partial charge in [-0.15, -0.1) is 0 Å². The lowest BCUT2D eigenvalue weighted by molar-refractivity contribution is 0.425. The third-order valence-corrected chi connectivity index (χ3v) is 3.07. The molecular weight excluding hydrogens is 259 g/mol. The van der Waals surface area contributed by atoms with Crippen molar-refractivity contribution in [2.75, 3.05) is 0 Å². The van der Waals surface area contributed by atoms with Crippen LogP contribution in [-0.2, 0) is 13.1 Å². The molecule has 0 bridgehead atoms. The Labute approximate surface area is 115 Å². The van der Waals surface area contributed by atoms with Gasteiger partial charge >= 0.3 is 12.8 Å². The molecule has 2 N–H and O–H groups in total. The molecule has 0 aliphatic heterocycles. The van der Waals surface area contributed by atoms with Crippen LogP contribution >= 0.6 is 0 Å². The Kier molecular flexibility index (Phi) is 4.21. The summed E-state index contributed by atoms with van der Waals surface area (Å²) in [5, 5.41) is 18.3. The van der Waals surface area contributed by atoms with E-state index in [1.807, 2.05) is 6.92 Å². The zero-order valence-corrected chi connectivity index (χ0v) is 11.1. The Morgan fingerprint density at radius 1 is 1.20 bits per heavy atom. The van der Waals surface area contributed by atoms with Crippen molar-refractivity contribution in [3.8, 4) is 0 Å². The van der Waals surface area contributed by atoms with E-state index in [1.165, 1.54) is 16.8 Å². The standard InChI is InChI=1S/C13H15BN2O4/c1-2-15-7-6-12(17)16(13(15)18)9-10-4-3-5-11(8-10)14(19)20/h3-8,19-20H,2,9H2,1H3. The summed E-state index contributed by atoms with van der Waals surface area (Å²) in [6, 6.07) is 7.83. The van der Waals surface area contributed by atoms with Crippen LogP contribution in [0.2, 0.25) is 0 Å². The van der Waals surface area contributed by atoms with Crippen LogP contribution in [0.3, 0.4) is 0 Å². The molecule has 0 saturated carbocycles. The van der Waals surface area contributed by atoms with Crippen molar-refractivity contribution in [2.24, 2.45) is 0 Å². The Morgan fingerprint density at radius 3 is 2.60 bits per heavy atom. The Morgan fingerprint density at radius 2 is 1.95 bits per heavy atom. The minimum atomic E-state index is -1.57. The molecule has 0 aliphatic rings. The fraction of sp³-hybridized carbons (Fsp3) is 0.231. The first-order valence-corrected chi connectivity index (χ1v) is 6.28. The SMILES string of the molecule is CCn1ccc(=O)n(Cc2cccc(B(O)O)c2)c1=O. The predicted octanol–water partition coefficient (Wildman–Crippen LogP) is -1.24. The number of hydrogen-bond acceptors (Lipinski definition) is 4. The summed E-state index contributed by atoms with van der Waals surface area (Å²) in [6.45, 7) is 2.40. The molecule has 20 heavy (non-hydrogen) atoms. The average molecular weight is 274 g/mol. The highest BCUT2D eigenvalue weighted by Crippen LogP contribution is 1.98. The molecule has 0 saturated heterocycles. The highest BCUT2D eigenvalue weighted by Gasteiger charge is 2.12. The van der Waals surface area contributed by atoms with E-state index in [9.17, 15) is 9.59 Å². The quantitative estimate of drug-likeness (QED) is 0.683. The zero-order valence-electron chi connectivity index (χ0n) is 11.1. The molecule has 0 radical (unpaired) electrons. The maximum atomic E-state index is 12.1. The fourth-order valence-corrected chi connectivity index (χ4v) is 1.98. The van der Waals surface area contributed by atoms with Crippen molar-refractivity contribution in [3.63, 3.8) is 0 Å². The van der Waals surface area contributed by atoms with Gasteiger partial charge in [0.2, 0.25) is 0 Å². The average Bonchev–Trinajstić information content (AvgIpc) is 2.44. The molecule has 0 atom stereocenters. The second kappa shape index (κ2) is 5.89. The van der Waals surface area contributed by atoms with Crippen LogP contribution in [0.4, 0.5) is 0 Å². The highest BCUT2D eigenvalue weighted by molar-refractivity contribution is 6.58. The molecule has 0 unspecified atom stereocenters. The number of hydrogen-bond donors (Lipinski definition) is 2. The van der Waals surface area contributed by atoms with E-state index in [4.69, 9.17) is 10.0 Å². The van der Waals surface area contributed by atoms with E-state index in [0.717, 1.165) is 4.57 Å². The van der Waals surface area contributed by atoms with Crippen LogP contribution in [0.1, 0.15) is 12.5 Å². The third-order valence-electron chi connectivity index (χ3n) is 3.07. The van der Waals surface area contributed by atoms with Crippen LogP contribution in [0, 0.1) is 0 Å². The molecule has 0 fully saturated rings. The summed E-state index contributed by atoms with van der Waals surface area (Å²) < 4.78 is 2.55. The molecule has 0 amide bonds. The molecule has 2 aromatic rings. The topological polar surface area (TPSA) is 84.5 Å². The Hall–Kier alpha value is -2.12. The van der Waals surface area contributed by atoms with Gasteiger partial charge in [0, 0.05) is 18.8 Å². The predicted molar refractivity (Wildman–Crippen MR) is 76.0 cm³/mol. The lowest BCUT2D eigenvalue weighted by Gasteiger charge is -2.09. The maximum absolute atomic E-state index is 12.1. The molecule has 1 aromatic carbocycles. The van der Waals surface area contributed by atoms with E-state index < -0.39 is 7.12 Å². The van der Waals surface area contributed by atoms with Crippen molar-refractivity contribution in [3.05, 3.63) is 62.9 Å². The molecule has 0 aliphatic carbocycles. The van der Waals surface area contributed by atoms with E-state index in [0.29, 0.717) is 17.6 Å². The lowest BCUT2D eigenvalue weighted by Crippen LogP contribution is -2.39. The van der Waals surface area contributed by atoms with Gasteiger partial charge in [0.15, 0.2) is 0 Å². The number of aryl methyl sites for hydroxylation is 1. The summed E-state index contributed by atoms with van der Waals surface area (Å²) in [6.07, 6.45) is 1.47. The number of aromatic nitrogens is 2. The van der Waals surface area contributed by atoms with Gasteiger partial charge in [-0.3, -0.25) is 9.36 Å². The number of benzene rings is 1. The second-order valence-corrected chi connectivity index (χ2v) is 4.43. The van der Waals surface area contributed by atoms with Gasteiger partial charge in [-0.05, 0) is 17.9 Å². The van der Waals surface area contributed by atoms with Gasteiger partial charge in [-0.25, -0.2) is 4.79 Å². The number of nitrogens with zero attached hydrogens (tertiary/aromatic N) is 2. The Balaban J connectivity index is 2.42. The van der Waals surface area contributed by atoms with Gasteiger partial charge in [-0.1, -0.05) is 24.3 Å². The van der Waals surface area contributed by atoms with Crippen molar-refractivity contribution in [1.82, 2.24) is 9.13 Å². The summed E-state index contributed by atoms with van der Waals surface area (Å²) in [7, 11) is -1.57. The van der Waals surface area contributed by atoms with Crippen LogP contribution < -0.4 is 16.7 Å². The molecule has 1 heterocycles. The molecule has 2 rings (SSSR count). The lowest BCUT2D eigenvalue weighted by atomic mass is 9.79. The zero-order chi connectivity index (χ0) is 14.7. The largest absolute Gasteiger partial charge is 0.488 e. The van der Waals surface area contributed by atoms with Gasteiger partial charge in [0.1, 0.15) is 0 Å². The van der Waals surface area contributed by atoms with E-state index in [1.54, 1.807) is 24.3 Å². The molecule has 104 valence electrons. The third kappa shape index (κ3) is 2.89. The smallest absolute Gasteiger partial charge is 0.423 e. The van der Waals surface area contributed by atoms with Crippen molar-refractivity contribution < 1.29 is 10.0 Å². The molecule has 7 heteroatoms. The van der Waals surface area contributed by atoms with Crippen LogP contribution in [-0.4, -0.2) is 26.3 Å². The normalized spacial score (nSPS) is 10.6. The second-order valence-electron chi connectivity index (χ2n) is 4.43. The van der Waals surface area contributed by atoms with Gasteiger partial charge in [0.05, 0.1) is 6.54 Å². The van der Waals surface area contributed by atoms with E-state index in [2.05, 4.69) is 0 Å². The first-order valence-electron chi connectivity index (χ1n) is 6.28. The molecule has 1 aromatic heterocycles. The molecule has 6 nitrogen and oxygen atoms in total. The maximum Gasteiger partial charge on any atom is 0.488 e. The van der Waals surface area contributed by atoms with Gasteiger partial charge in [-0.2, -0.15) is 0 Å². The van der Waals surface area contributed by atoms with E-state index >= 15 is 0 Å². The highest BCUT2D eigenvalue weighted by atomic mass is 16.4. The monoisotopic (exact) mass is 274 g/mol. The van der Waals surface area contributed by atoms with E-state index in [-0.39, 0.29) is 17.8 Å². The van der Waals surface area contributed by atoms with Crippen LogP contribution in [0.5, 0.6) is 0 Å². The van der Waals surface area contributed by atoms with Crippen molar-refractivity contribution >= 4 is 12.6 Å². The minimum absolute atomic E-state index is 0.0963. The van der Waals surface area contributed by atoms with Crippen LogP contribution in [0.25, 0.3) is 0 Å². The van der Waals surface area contributed by atoms with Crippen molar-refractivity contribution in [2.45, 2.75) is 20.0 Å². The van der Waals surface area contributed by atoms with Crippen LogP contribution in [0.15, 0.2) is 46.1 Å². The minimum Gasteiger partial charge on any atom is -0.423 e. The summed E-state index contributed by atoms with van der Waals surface area (Å²) in [4.78, 5) is 23.9. The summed E-state index contributed by atoms with van der Waals surface area (Å²) >= 11 is 0. The molecule has 0 spiro atoms. The summed E-state index contributed by atoms with van der Waals surface area (Å²) in [5.74, 6) is 0. The Bertz CT molecular complexity index is 721. The first-order chi connectivity index (χ1) is 9.52. The van der Waals surface area contributed by atoms with Gasteiger partial charge in [0.25, 0.3) is 5.56 Å². The summed E-state index contributed by atoms with van der Waals surface area (Å²) in [5.41, 5.74) is 0.218. The first kappa shape index (κ1) is 14.3. The number of rotatable bonds is 4. The van der Waals surface area contributed by atoms with Crippen molar-refractivity contribution in [1.29, 1.82) is 0 Å². The molecular formula is C13H15BN2O4.